The Morgan fingerprint density at radius 3 is 2.93 bits per heavy atom. The largest absolute Gasteiger partial charge is 0.289 e. The van der Waals surface area contributed by atoms with Crippen LogP contribution >= 0.6 is 0 Å². The van der Waals surface area contributed by atoms with Gasteiger partial charge < -0.3 is 0 Å². The second-order valence-electron chi connectivity index (χ2n) is 2.46. The summed E-state index contributed by atoms with van der Waals surface area (Å²) in [4.78, 5) is 26.7. The molecule has 0 aliphatic carbocycles. The molecule has 1 heterocycles. The van der Waals surface area contributed by atoms with Gasteiger partial charge in [-0.3, -0.25) is 14.5 Å². The molecule has 0 saturated heterocycles. The van der Waals surface area contributed by atoms with Crippen LogP contribution in [0.15, 0.2) is 37.1 Å². The van der Waals surface area contributed by atoms with Gasteiger partial charge in [0.05, 0.1) is 6.54 Å². The Hall–Kier alpha value is -1.97. The summed E-state index contributed by atoms with van der Waals surface area (Å²) in [7, 11) is 0. The summed E-state index contributed by atoms with van der Waals surface area (Å²) >= 11 is 0. The lowest BCUT2D eigenvalue weighted by atomic mass is 10.4. The van der Waals surface area contributed by atoms with Gasteiger partial charge in [-0.2, -0.15) is 0 Å². The summed E-state index contributed by atoms with van der Waals surface area (Å²) in [6.07, 6.45) is 4.32. The van der Waals surface area contributed by atoms with E-state index in [9.17, 15) is 9.59 Å². The average molecular weight is 189 g/mol. The van der Waals surface area contributed by atoms with Crippen molar-refractivity contribution in [3.63, 3.8) is 0 Å². The number of amides is 1. The maximum Gasteiger partial charge on any atom is 0.251 e. The zero-order chi connectivity index (χ0) is 10.4. The van der Waals surface area contributed by atoms with Gasteiger partial charge >= 0.3 is 0 Å². The monoisotopic (exact) mass is 189 g/mol. The van der Waals surface area contributed by atoms with Gasteiger partial charge in [-0.15, -0.1) is 0 Å². The fourth-order valence-corrected chi connectivity index (χ4v) is 0.960. The van der Waals surface area contributed by atoms with Gasteiger partial charge in [0.2, 0.25) is 6.29 Å². The fraction of sp³-hybridized carbons (Fsp3) is 0.100. The molecule has 4 nitrogen and oxygen atoms in total. The van der Waals surface area contributed by atoms with E-state index in [0.29, 0.717) is 5.82 Å². The molecule has 1 amide bonds. The van der Waals surface area contributed by atoms with E-state index in [-0.39, 0.29) is 12.5 Å². The zero-order valence-corrected chi connectivity index (χ0v) is 7.51. The van der Waals surface area contributed by atoms with Crippen LogP contribution in [0.4, 0.5) is 5.82 Å². The van der Waals surface area contributed by atoms with Crippen molar-refractivity contribution >= 4 is 18.0 Å². The summed E-state index contributed by atoms with van der Waals surface area (Å²) in [6.45, 7) is 3.20. The van der Waals surface area contributed by atoms with Crippen LogP contribution in [-0.2, 0) is 9.59 Å². The molecule has 0 spiro atoms. The van der Waals surface area contributed by atoms with Crippen molar-refractivity contribution in [3.8, 4) is 0 Å². The summed E-state index contributed by atoms with van der Waals surface area (Å²) in [5, 5.41) is 0. The molecule has 0 fully saturated rings. The molecule has 1 radical (unpaired) electrons. The molecular weight excluding hydrogens is 180 g/mol. The fourth-order valence-electron chi connectivity index (χ4n) is 0.960. The number of rotatable bonds is 4. The molecular formula is C10H9N2O2. The lowest BCUT2D eigenvalue weighted by molar-refractivity contribution is -0.114. The normalized spacial score (nSPS) is 9.14. The highest BCUT2D eigenvalue weighted by atomic mass is 16.2. The highest BCUT2D eigenvalue weighted by molar-refractivity contribution is 6.02. The molecule has 0 atom stereocenters. The molecule has 0 unspecified atom stereocenters. The van der Waals surface area contributed by atoms with E-state index in [1.807, 2.05) is 0 Å². The van der Waals surface area contributed by atoms with Gasteiger partial charge in [0.1, 0.15) is 5.82 Å². The third-order valence-electron chi connectivity index (χ3n) is 1.59. The number of carbonyl (C=O) groups excluding carboxylic acids is 2. The van der Waals surface area contributed by atoms with Gasteiger partial charge in [0.25, 0.3) is 5.91 Å². The second kappa shape index (κ2) is 4.91. The number of anilines is 1. The average Bonchev–Trinajstić information content (AvgIpc) is 2.26. The van der Waals surface area contributed by atoms with Gasteiger partial charge in [-0.25, -0.2) is 4.98 Å². The third-order valence-corrected chi connectivity index (χ3v) is 1.59. The molecule has 4 heteroatoms. The number of pyridine rings is 1. The molecule has 1 aromatic rings. The van der Waals surface area contributed by atoms with Crippen molar-refractivity contribution in [2.24, 2.45) is 0 Å². The minimum atomic E-state index is -0.368. The van der Waals surface area contributed by atoms with E-state index in [1.54, 1.807) is 30.7 Å². The molecule has 0 N–H and O–H groups in total. The summed E-state index contributed by atoms with van der Waals surface area (Å²) in [5.74, 6) is 0.0489. The molecule has 0 aliphatic heterocycles. The first-order valence-electron chi connectivity index (χ1n) is 3.99. The lowest BCUT2D eigenvalue weighted by Gasteiger charge is -2.16. The quantitative estimate of drug-likeness (QED) is 0.655. The SMILES string of the molecule is C=CC(=O)N(C[C]=O)c1ccccn1. The molecule has 1 rings (SSSR count). The Balaban J connectivity index is 2.93. The molecule has 0 bridgehead atoms. The Bertz CT molecular complexity index is 335. The number of aromatic nitrogens is 1. The van der Waals surface area contributed by atoms with Crippen LogP contribution in [0.5, 0.6) is 0 Å². The van der Waals surface area contributed by atoms with E-state index >= 15 is 0 Å². The maximum absolute atomic E-state index is 11.3. The predicted octanol–water partition coefficient (Wildman–Crippen LogP) is 0.710. The molecule has 0 saturated carbocycles. The number of nitrogens with zero attached hydrogens (tertiary/aromatic N) is 2. The molecule has 0 aromatic carbocycles. The first-order valence-corrected chi connectivity index (χ1v) is 3.99. The summed E-state index contributed by atoms with van der Waals surface area (Å²) < 4.78 is 0. The molecule has 71 valence electrons. The first kappa shape index (κ1) is 10.1. The van der Waals surface area contributed by atoms with Crippen LogP contribution in [0, 0.1) is 0 Å². The Labute approximate surface area is 81.9 Å². The van der Waals surface area contributed by atoms with E-state index in [0.717, 1.165) is 6.08 Å². The van der Waals surface area contributed by atoms with Crippen LogP contribution in [0.1, 0.15) is 0 Å². The zero-order valence-electron chi connectivity index (χ0n) is 7.51. The topological polar surface area (TPSA) is 50.3 Å². The van der Waals surface area contributed by atoms with Crippen molar-refractivity contribution in [2.45, 2.75) is 0 Å². The number of hydrogen-bond acceptors (Lipinski definition) is 3. The first-order chi connectivity index (χ1) is 6.79. The number of carbonyl (C=O) groups is 1. The second-order valence-corrected chi connectivity index (χ2v) is 2.46. The van der Waals surface area contributed by atoms with Gasteiger partial charge in [0, 0.05) is 6.20 Å². The predicted molar refractivity (Wildman–Crippen MR) is 52.5 cm³/mol. The Morgan fingerprint density at radius 1 is 1.64 bits per heavy atom. The van der Waals surface area contributed by atoms with E-state index < -0.39 is 0 Å². The minimum absolute atomic E-state index is 0.137. The van der Waals surface area contributed by atoms with Crippen LogP contribution in [0.3, 0.4) is 0 Å². The molecule has 1 aromatic heterocycles. The van der Waals surface area contributed by atoms with Crippen LogP contribution in [-0.4, -0.2) is 23.7 Å². The number of hydrogen-bond donors (Lipinski definition) is 0. The highest BCUT2D eigenvalue weighted by Crippen LogP contribution is 2.08. The minimum Gasteiger partial charge on any atom is -0.289 e. The van der Waals surface area contributed by atoms with Crippen molar-refractivity contribution in [2.75, 3.05) is 11.4 Å². The Morgan fingerprint density at radius 2 is 2.43 bits per heavy atom. The van der Waals surface area contributed by atoms with Crippen LogP contribution in [0.2, 0.25) is 0 Å². The Kier molecular flexibility index (Phi) is 3.55. The van der Waals surface area contributed by atoms with Crippen LogP contribution in [0.25, 0.3) is 0 Å². The van der Waals surface area contributed by atoms with E-state index in [2.05, 4.69) is 11.6 Å². The van der Waals surface area contributed by atoms with Gasteiger partial charge in [0.15, 0.2) is 0 Å². The molecule has 0 aliphatic rings. The summed E-state index contributed by atoms with van der Waals surface area (Å²) in [6, 6.07) is 5.10. The van der Waals surface area contributed by atoms with Gasteiger partial charge in [-0.1, -0.05) is 12.6 Å². The standard InChI is InChI=1S/C10H9N2O2/c1-2-10(14)12(7-8-13)9-5-3-4-6-11-9/h2-6H,1,7H2. The van der Waals surface area contributed by atoms with Crippen molar-refractivity contribution in [3.05, 3.63) is 37.1 Å². The van der Waals surface area contributed by atoms with Gasteiger partial charge in [-0.05, 0) is 18.2 Å². The van der Waals surface area contributed by atoms with Crippen molar-refractivity contribution in [1.29, 1.82) is 0 Å². The highest BCUT2D eigenvalue weighted by Gasteiger charge is 2.12. The maximum atomic E-state index is 11.3. The summed E-state index contributed by atoms with van der Waals surface area (Å²) in [5.41, 5.74) is 0. The van der Waals surface area contributed by atoms with E-state index in [1.165, 1.54) is 4.90 Å². The van der Waals surface area contributed by atoms with E-state index in [4.69, 9.17) is 0 Å². The molecule has 14 heavy (non-hydrogen) atoms. The van der Waals surface area contributed by atoms with Crippen molar-refractivity contribution in [1.82, 2.24) is 4.98 Å². The lowest BCUT2D eigenvalue weighted by Crippen LogP contribution is -2.31. The smallest absolute Gasteiger partial charge is 0.251 e. The third kappa shape index (κ3) is 2.26. The van der Waals surface area contributed by atoms with Crippen LogP contribution < -0.4 is 4.90 Å². The van der Waals surface area contributed by atoms with Crippen molar-refractivity contribution < 1.29 is 9.59 Å².